The van der Waals surface area contributed by atoms with Crippen LogP contribution in [-0.4, -0.2) is 25.2 Å². The number of hydrogen-bond donors (Lipinski definition) is 2. The Morgan fingerprint density at radius 1 is 1.30 bits per heavy atom. The van der Waals surface area contributed by atoms with Crippen molar-refractivity contribution in [1.82, 2.24) is 0 Å². The van der Waals surface area contributed by atoms with Crippen LogP contribution >= 0.6 is 0 Å². The third kappa shape index (κ3) is 3.73. The second-order valence-corrected chi connectivity index (χ2v) is 5.52. The molecule has 1 saturated carbocycles. The predicted molar refractivity (Wildman–Crippen MR) is 82.2 cm³/mol. The van der Waals surface area contributed by atoms with Crippen molar-refractivity contribution in [3.8, 4) is 0 Å². The number of amides is 1. The predicted octanol–water partition coefficient (Wildman–Crippen LogP) is 3.32. The number of rotatable bonds is 4. The number of benzene rings is 1. The SMILES string of the molecule is COC1CCCCC1Nc1ccc(NC(C)=O)c(C)c1. The highest BCUT2D eigenvalue weighted by molar-refractivity contribution is 5.89. The molecule has 110 valence electrons. The lowest BCUT2D eigenvalue weighted by Crippen LogP contribution is -2.37. The van der Waals surface area contributed by atoms with Crippen LogP contribution in [-0.2, 0) is 9.53 Å². The molecule has 1 aliphatic rings. The molecule has 2 N–H and O–H groups in total. The number of carbonyl (C=O) groups is 1. The zero-order chi connectivity index (χ0) is 14.5. The van der Waals surface area contributed by atoms with E-state index in [1.54, 1.807) is 7.11 Å². The molecule has 1 aromatic carbocycles. The molecule has 0 saturated heterocycles. The Labute approximate surface area is 120 Å². The van der Waals surface area contributed by atoms with Crippen molar-refractivity contribution in [2.45, 2.75) is 51.7 Å². The fraction of sp³-hybridized carbons (Fsp3) is 0.562. The van der Waals surface area contributed by atoms with Crippen LogP contribution in [0.15, 0.2) is 18.2 Å². The second-order valence-electron chi connectivity index (χ2n) is 5.52. The highest BCUT2D eigenvalue weighted by Gasteiger charge is 2.24. The first-order valence-corrected chi connectivity index (χ1v) is 7.27. The number of carbonyl (C=O) groups excluding carboxylic acids is 1. The van der Waals surface area contributed by atoms with Crippen molar-refractivity contribution in [3.63, 3.8) is 0 Å². The minimum atomic E-state index is -0.0412. The van der Waals surface area contributed by atoms with Crippen molar-refractivity contribution < 1.29 is 9.53 Å². The highest BCUT2D eigenvalue weighted by atomic mass is 16.5. The topological polar surface area (TPSA) is 50.4 Å². The fourth-order valence-corrected chi connectivity index (χ4v) is 2.84. The Morgan fingerprint density at radius 2 is 2.05 bits per heavy atom. The number of hydrogen-bond acceptors (Lipinski definition) is 3. The Balaban J connectivity index is 2.05. The molecule has 2 unspecified atom stereocenters. The lowest BCUT2D eigenvalue weighted by Gasteiger charge is -2.32. The third-order valence-corrected chi connectivity index (χ3v) is 3.89. The van der Waals surface area contributed by atoms with Crippen molar-refractivity contribution in [1.29, 1.82) is 0 Å². The molecule has 1 aliphatic carbocycles. The van der Waals surface area contributed by atoms with E-state index in [1.807, 2.05) is 19.1 Å². The summed E-state index contributed by atoms with van der Waals surface area (Å²) in [5, 5.41) is 6.40. The first-order chi connectivity index (χ1) is 9.60. The van der Waals surface area contributed by atoms with Gasteiger partial charge < -0.3 is 15.4 Å². The summed E-state index contributed by atoms with van der Waals surface area (Å²) in [7, 11) is 1.79. The lowest BCUT2D eigenvalue weighted by atomic mass is 9.92. The largest absolute Gasteiger partial charge is 0.380 e. The van der Waals surface area contributed by atoms with Gasteiger partial charge in [-0.05, 0) is 43.5 Å². The van der Waals surface area contributed by atoms with Gasteiger partial charge in [0.2, 0.25) is 5.91 Å². The summed E-state index contributed by atoms with van der Waals surface area (Å²) in [5.41, 5.74) is 3.02. The summed E-state index contributed by atoms with van der Waals surface area (Å²) in [4.78, 5) is 11.1. The van der Waals surface area contributed by atoms with Crippen LogP contribution in [0.3, 0.4) is 0 Å². The first kappa shape index (κ1) is 14.9. The summed E-state index contributed by atoms with van der Waals surface area (Å²) in [6, 6.07) is 6.41. The molecule has 1 amide bonds. The maximum atomic E-state index is 11.1. The molecule has 0 aliphatic heterocycles. The molecule has 4 heteroatoms. The van der Waals surface area contributed by atoms with Crippen molar-refractivity contribution >= 4 is 17.3 Å². The summed E-state index contributed by atoms with van der Waals surface area (Å²) >= 11 is 0. The molecule has 20 heavy (non-hydrogen) atoms. The van der Waals surface area contributed by atoms with Crippen molar-refractivity contribution in [3.05, 3.63) is 23.8 Å². The molecule has 1 fully saturated rings. The van der Waals surface area contributed by atoms with Crippen molar-refractivity contribution in [2.24, 2.45) is 0 Å². The van der Waals surface area contributed by atoms with Crippen LogP contribution in [0.4, 0.5) is 11.4 Å². The van der Waals surface area contributed by atoms with Gasteiger partial charge in [-0.15, -0.1) is 0 Å². The van der Waals surface area contributed by atoms with Gasteiger partial charge in [-0.2, -0.15) is 0 Å². The highest BCUT2D eigenvalue weighted by Crippen LogP contribution is 2.26. The van der Waals surface area contributed by atoms with E-state index in [-0.39, 0.29) is 5.91 Å². The van der Waals surface area contributed by atoms with E-state index < -0.39 is 0 Å². The van der Waals surface area contributed by atoms with Crippen LogP contribution < -0.4 is 10.6 Å². The molecular formula is C16H24N2O2. The van der Waals surface area contributed by atoms with Gasteiger partial charge in [0.05, 0.1) is 12.1 Å². The normalized spacial score (nSPS) is 22.4. The van der Waals surface area contributed by atoms with Crippen LogP contribution in [0, 0.1) is 6.92 Å². The molecule has 4 nitrogen and oxygen atoms in total. The van der Waals surface area contributed by atoms with E-state index in [4.69, 9.17) is 4.74 Å². The number of aryl methyl sites for hydroxylation is 1. The van der Waals surface area contributed by atoms with E-state index in [1.165, 1.54) is 19.8 Å². The standard InChI is InChI=1S/C16H24N2O2/c1-11-10-13(8-9-14(11)17-12(2)19)18-15-6-4-5-7-16(15)20-3/h8-10,15-16,18H,4-7H2,1-3H3,(H,17,19). The van der Waals surface area contributed by atoms with Crippen LogP contribution in [0.5, 0.6) is 0 Å². The molecule has 1 aromatic rings. The van der Waals surface area contributed by atoms with Gasteiger partial charge in [0.15, 0.2) is 0 Å². The summed E-state index contributed by atoms with van der Waals surface area (Å²) in [5.74, 6) is -0.0412. The van der Waals surface area contributed by atoms with E-state index in [9.17, 15) is 4.79 Å². The van der Waals surface area contributed by atoms with Crippen molar-refractivity contribution in [2.75, 3.05) is 17.7 Å². The Bertz CT molecular complexity index is 474. The average Bonchev–Trinajstić information content (AvgIpc) is 2.42. The van der Waals surface area contributed by atoms with Gasteiger partial charge in [-0.25, -0.2) is 0 Å². The van der Waals surface area contributed by atoms with E-state index in [2.05, 4.69) is 16.7 Å². The van der Waals surface area contributed by atoms with Gasteiger partial charge in [-0.3, -0.25) is 4.79 Å². The van der Waals surface area contributed by atoms with Gasteiger partial charge in [0, 0.05) is 25.4 Å². The molecule has 2 atom stereocenters. The van der Waals surface area contributed by atoms with E-state index in [0.29, 0.717) is 12.1 Å². The van der Waals surface area contributed by atoms with E-state index >= 15 is 0 Å². The zero-order valence-corrected chi connectivity index (χ0v) is 12.5. The van der Waals surface area contributed by atoms with Crippen LogP contribution in [0.1, 0.15) is 38.2 Å². The minimum absolute atomic E-state index is 0.0412. The maximum absolute atomic E-state index is 11.1. The number of methoxy groups -OCH3 is 1. The molecule has 0 spiro atoms. The number of nitrogens with one attached hydrogen (secondary N) is 2. The lowest BCUT2D eigenvalue weighted by molar-refractivity contribution is -0.114. The maximum Gasteiger partial charge on any atom is 0.221 e. The number of ether oxygens (including phenoxy) is 1. The molecule has 0 aromatic heterocycles. The quantitative estimate of drug-likeness (QED) is 0.887. The summed E-state index contributed by atoms with van der Waals surface area (Å²) in [6.45, 7) is 3.53. The smallest absolute Gasteiger partial charge is 0.221 e. The molecule has 0 heterocycles. The first-order valence-electron chi connectivity index (χ1n) is 7.27. The van der Waals surface area contributed by atoms with Crippen LogP contribution in [0.25, 0.3) is 0 Å². The van der Waals surface area contributed by atoms with Crippen LogP contribution in [0.2, 0.25) is 0 Å². The monoisotopic (exact) mass is 276 g/mol. The number of anilines is 2. The third-order valence-electron chi connectivity index (χ3n) is 3.89. The van der Waals surface area contributed by atoms with E-state index in [0.717, 1.165) is 29.8 Å². The molecule has 0 bridgehead atoms. The average molecular weight is 276 g/mol. The van der Waals surface area contributed by atoms with Gasteiger partial charge in [-0.1, -0.05) is 12.8 Å². The Morgan fingerprint density at radius 3 is 2.70 bits per heavy atom. The molecule has 0 radical (unpaired) electrons. The Kier molecular flexibility index (Phi) is 5.01. The molecular weight excluding hydrogens is 252 g/mol. The molecule has 2 rings (SSSR count). The Hall–Kier alpha value is -1.55. The summed E-state index contributed by atoms with van der Waals surface area (Å²) < 4.78 is 5.56. The summed E-state index contributed by atoms with van der Waals surface area (Å²) in [6.07, 6.45) is 5.05. The van der Waals surface area contributed by atoms with Gasteiger partial charge >= 0.3 is 0 Å². The zero-order valence-electron chi connectivity index (χ0n) is 12.5. The van der Waals surface area contributed by atoms with Gasteiger partial charge in [0.1, 0.15) is 0 Å². The van der Waals surface area contributed by atoms with Gasteiger partial charge in [0.25, 0.3) is 0 Å². The fourth-order valence-electron chi connectivity index (χ4n) is 2.84. The second kappa shape index (κ2) is 6.75. The minimum Gasteiger partial charge on any atom is -0.380 e.